The van der Waals surface area contributed by atoms with Gasteiger partial charge in [-0.05, 0) is 59.0 Å². The zero-order valence-electron chi connectivity index (χ0n) is 23.1. The minimum absolute atomic E-state index is 0.0291. The van der Waals surface area contributed by atoms with Crippen molar-refractivity contribution in [2.24, 2.45) is 5.14 Å². The minimum atomic E-state index is -3.84. The monoisotopic (exact) mass is 619 g/mol. The van der Waals surface area contributed by atoms with Crippen molar-refractivity contribution in [3.8, 4) is 11.1 Å². The van der Waals surface area contributed by atoms with Crippen LogP contribution in [0.1, 0.15) is 38.3 Å². The van der Waals surface area contributed by atoms with E-state index in [1.165, 1.54) is 17.0 Å². The zero-order chi connectivity index (χ0) is 31.0. The first-order valence-corrected chi connectivity index (χ1v) is 15.3. The maximum Gasteiger partial charge on any atom is 0.305 e. The number of carbonyl (C=O) groups is 3. The molecule has 0 heterocycles. The van der Waals surface area contributed by atoms with Crippen LogP contribution in [0.3, 0.4) is 0 Å². The molecule has 0 saturated heterocycles. The molecule has 4 N–H and O–H groups in total. The summed E-state index contributed by atoms with van der Waals surface area (Å²) in [7, 11) is -3.84. The summed E-state index contributed by atoms with van der Waals surface area (Å²) >= 11 is 6.24. The van der Waals surface area contributed by atoms with E-state index in [0.29, 0.717) is 33.7 Å². The number of nitrogens with one attached hydrogen (secondary N) is 1. The molecule has 43 heavy (non-hydrogen) atoms. The van der Waals surface area contributed by atoms with Gasteiger partial charge in [0.1, 0.15) is 0 Å². The molecule has 0 aliphatic carbocycles. The number of carboxylic acids is 1. The molecule has 222 valence electrons. The number of halogens is 1. The Hall–Kier alpha value is -4.51. The molecule has 0 aliphatic rings. The number of carbonyl (C=O) groups excluding carboxylic acids is 2. The van der Waals surface area contributed by atoms with E-state index in [-0.39, 0.29) is 36.9 Å². The van der Waals surface area contributed by atoms with E-state index in [4.69, 9.17) is 16.7 Å². The number of amides is 2. The van der Waals surface area contributed by atoms with Crippen molar-refractivity contribution in [3.63, 3.8) is 0 Å². The van der Waals surface area contributed by atoms with Gasteiger partial charge in [-0.2, -0.15) is 0 Å². The average molecular weight is 620 g/mol. The van der Waals surface area contributed by atoms with Gasteiger partial charge in [-0.1, -0.05) is 78.3 Å². The van der Waals surface area contributed by atoms with E-state index in [1.54, 1.807) is 72.8 Å². The van der Waals surface area contributed by atoms with Crippen LogP contribution in [0.25, 0.3) is 11.1 Å². The molecule has 4 aromatic rings. The van der Waals surface area contributed by atoms with Gasteiger partial charge in [-0.25, -0.2) is 13.6 Å². The number of carboxylic acid groups (broad SMARTS) is 1. The summed E-state index contributed by atoms with van der Waals surface area (Å²) < 4.78 is 23.1. The standard InChI is InChI=1S/C32H30ClN3O6S/c33-29-12-6-1-7-23(29)21-35-31(39)27-10-4-2-8-25(27)26-9-3-5-11-28(26)32(40)36(20-18-30(37)38)19-17-22-13-15-24(16-14-22)43(34,41)42/h1-16H,17-21H2,(H,35,39)(H,37,38)(H2,34,41,42). The first kappa shape index (κ1) is 31.4. The number of primary sulfonamides is 1. The van der Waals surface area contributed by atoms with Crippen LogP contribution in [0.15, 0.2) is 102 Å². The van der Waals surface area contributed by atoms with Crippen molar-refractivity contribution in [1.29, 1.82) is 0 Å². The summed E-state index contributed by atoms with van der Waals surface area (Å²) in [5.41, 5.74) is 3.24. The lowest BCUT2D eigenvalue weighted by Crippen LogP contribution is -2.35. The number of benzene rings is 4. The van der Waals surface area contributed by atoms with Gasteiger partial charge in [0.25, 0.3) is 11.8 Å². The molecule has 0 aromatic heterocycles. The second-order valence-electron chi connectivity index (χ2n) is 9.74. The van der Waals surface area contributed by atoms with Crippen molar-refractivity contribution < 1.29 is 27.9 Å². The van der Waals surface area contributed by atoms with Gasteiger partial charge in [-0.15, -0.1) is 0 Å². The highest BCUT2D eigenvalue weighted by Gasteiger charge is 2.23. The number of aliphatic carboxylic acids is 1. The number of sulfonamides is 1. The van der Waals surface area contributed by atoms with Gasteiger partial charge in [0.15, 0.2) is 0 Å². The molecule has 0 atom stereocenters. The fraction of sp³-hybridized carbons (Fsp3) is 0.156. The third-order valence-electron chi connectivity index (χ3n) is 6.82. The van der Waals surface area contributed by atoms with Crippen LogP contribution in [-0.2, 0) is 27.8 Å². The highest BCUT2D eigenvalue weighted by atomic mass is 35.5. The Bertz CT molecular complexity index is 1740. The lowest BCUT2D eigenvalue weighted by molar-refractivity contribution is -0.137. The highest BCUT2D eigenvalue weighted by Crippen LogP contribution is 2.29. The second kappa shape index (κ2) is 14.1. The smallest absolute Gasteiger partial charge is 0.305 e. The van der Waals surface area contributed by atoms with Gasteiger partial charge in [0, 0.05) is 35.8 Å². The zero-order valence-corrected chi connectivity index (χ0v) is 24.6. The second-order valence-corrected chi connectivity index (χ2v) is 11.7. The molecule has 0 radical (unpaired) electrons. The molecule has 4 aromatic carbocycles. The Balaban J connectivity index is 1.60. The lowest BCUT2D eigenvalue weighted by Gasteiger charge is -2.24. The fourth-order valence-electron chi connectivity index (χ4n) is 4.56. The van der Waals surface area contributed by atoms with Crippen LogP contribution in [-0.4, -0.2) is 49.3 Å². The van der Waals surface area contributed by atoms with Crippen LogP contribution in [0.4, 0.5) is 0 Å². The summed E-state index contributed by atoms with van der Waals surface area (Å²) in [6.07, 6.45) is 0.0821. The largest absolute Gasteiger partial charge is 0.481 e. The first-order valence-electron chi connectivity index (χ1n) is 13.4. The predicted octanol–water partition coefficient (Wildman–Crippen LogP) is 4.74. The van der Waals surface area contributed by atoms with Gasteiger partial charge < -0.3 is 15.3 Å². The molecule has 0 spiro atoms. The third-order valence-corrected chi connectivity index (χ3v) is 8.12. The topological polar surface area (TPSA) is 147 Å². The molecule has 2 amide bonds. The van der Waals surface area contributed by atoms with Crippen molar-refractivity contribution in [3.05, 3.63) is 124 Å². The van der Waals surface area contributed by atoms with Gasteiger partial charge >= 0.3 is 5.97 Å². The van der Waals surface area contributed by atoms with Crippen LogP contribution in [0, 0.1) is 0 Å². The van der Waals surface area contributed by atoms with Crippen molar-refractivity contribution >= 4 is 39.4 Å². The number of rotatable bonds is 12. The molecule has 0 unspecified atom stereocenters. The maximum atomic E-state index is 13.9. The summed E-state index contributed by atoms with van der Waals surface area (Å²) in [5.74, 6) is -1.79. The Morgan fingerprint density at radius 2 is 1.37 bits per heavy atom. The van der Waals surface area contributed by atoms with Crippen LogP contribution in [0.5, 0.6) is 0 Å². The first-order chi connectivity index (χ1) is 20.5. The van der Waals surface area contributed by atoms with E-state index in [9.17, 15) is 27.9 Å². The predicted molar refractivity (Wildman–Crippen MR) is 164 cm³/mol. The number of nitrogens with zero attached hydrogens (tertiary/aromatic N) is 1. The Kier molecular flexibility index (Phi) is 10.3. The molecule has 0 bridgehead atoms. The Morgan fingerprint density at radius 3 is 2.00 bits per heavy atom. The molecule has 0 aliphatic heterocycles. The van der Waals surface area contributed by atoms with Gasteiger partial charge in [-0.3, -0.25) is 14.4 Å². The highest BCUT2D eigenvalue weighted by molar-refractivity contribution is 7.89. The van der Waals surface area contributed by atoms with Crippen molar-refractivity contribution in [2.45, 2.75) is 24.3 Å². The van der Waals surface area contributed by atoms with Crippen molar-refractivity contribution in [2.75, 3.05) is 13.1 Å². The third kappa shape index (κ3) is 8.29. The summed E-state index contributed by atoms with van der Waals surface area (Å²) in [6, 6.07) is 27.0. The van der Waals surface area contributed by atoms with E-state index in [2.05, 4.69) is 5.32 Å². The Morgan fingerprint density at radius 1 is 0.791 bits per heavy atom. The van der Waals surface area contributed by atoms with E-state index in [0.717, 1.165) is 11.1 Å². The van der Waals surface area contributed by atoms with Crippen LogP contribution >= 0.6 is 11.6 Å². The molecular weight excluding hydrogens is 590 g/mol. The van der Waals surface area contributed by atoms with E-state index in [1.807, 2.05) is 12.1 Å². The fourth-order valence-corrected chi connectivity index (χ4v) is 5.28. The summed E-state index contributed by atoms with van der Waals surface area (Å²) in [4.78, 5) is 40.0. The normalized spacial score (nSPS) is 11.1. The number of nitrogens with two attached hydrogens (primary N) is 1. The quantitative estimate of drug-likeness (QED) is 0.209. The molecule has 4 rings (SSSR count). The van der Waals surface area contributed by atoms with E-state index < -0.39 is 21.9 Å². The van der Waals surface area contributed by atoms with E-state index >= 15 is 0 Å². The maximum absolute atomic E-state index is 13.9. The van der Waals surface area contributed by atoms with Crippen LogP contribution < -0.4 is 10.5 Å². The Labute approximate surface area is 255 Å². The van der Waals surface area contributed by atoms with Gasteiger partial charge in [0.2, 0.25) is 10.0 Å². The summed E-state index contributed by atoms with van der Waals surface area (Å²) in [6.45, 7) is 0.349. The summed E-state index contributed by atoms with van der Waals surface area (Å²) in [5, 5.41) is 17.9. The van der Waals surface area contributed by atoms with Gasteiger partial charge in [0.05, 0.1) is 11.3 Å². The number of hydrogen-bond acceptors (Lipinski definition) is 5. The van der Waals surface area contributed by atoms with Crippen LogP contribution in [0.2, 0.25) is 5.02 Å². The average Bonchev–Trinajstić information content (AvgIpc) is 3.00. The minimum Gasteiger partial charge on any atom is -0.481 e. The molecule has 0 saturated carbocycles. The van der Waals surface area contributed by atoms with Crippen molar-refractivity contribution in [1.82, 2.24) is 10.2 Å². The number of hydrogen-bond donors (Lipinski definition) is 3. The molecule has 11 heteroatoms. The molecule has 0 fully saturated rings. The molecular formula is C32H30ClN3O6S. The SMILES string of the molecule is NS(=O)(=O)c1ccc(CCN(CCC(=O)O)C(=O)c2ccccc2-c2ccccc2C(=O)NCc2ccccc2Cl)cc1. The molecule has 9 nitrogen and oxygen atoms in total. The lowest BCUT2D eigenvalue weighted by atomic mass is 9.94.